The summed E-state index contributed by atoms with van der Waals surface area (Å²) < 4.78 is 5.65. The number of nitrogens with one attached hydrogen (secondary N) is 1. The van der Waals surface area contributed by atoms with E-state index in [4.69, 9.17) is 16.3 Å². The molecule has 2 aromatic carbocycles. The van der Waals surface area contributed by atoms with Gasteiger partial charge in [0.05, 0.1) is 23.7 Å². The number of nitrogens with zero attached hydrogens (tertiary/aromatic N) is 2. The van der Waals surface area contributed by atoms with Crippen LogP contribution in [0.25, 0.3) is 6.08 Å². The van der Waals surface area contributed by atoms with Gasteiger partial charge >= 0.3 is 0 Å². The Hall–Kier alpha value is -3.16. The Labute approximate surface area is 190 Å². The van der Waals surface area contributed by atoms with Crippen molar-refractivity contribution in [2.75, 3.05) is 16.8 Å². The highest BCUT2D eigenvalue weighted by Crippen LogP contribution is 2.30. The average molecular weight is 456 g/mol. The molecule has 0 saturated heterocycles. The first kappa shape index (κ1) is 22.5. The van der Waals surface area contributed by atoms with Gasteiger partial charge in [0.1, 0.15) is 5.75 Å². The number of carbonyl (C=O) groups is 2. The average Bonchev–Trinajstić information content (AvgIpc) is 3.21. The lowest BCUT2D eigenvalue weighted by Gasteiger charge is -2.17. The summed E-state index contributed by atoms with van der Waals surface area (Å²) in [6.45, 7) is 4.03. The fraction of sp³-hybridized carbons (Fsp3) is 0.174. The molecular weight excluding hydrogens is 434 g/mol. The lowest BCUT2D eigenvalue weighted by atomic mass is 10.3. The van der Waals surface area contributed by atoms with Crippen molar-refractivity contribution in [1.29, 1.82) is 0 Å². The first-order valence-corrected chi connectivity index (χ1v) is 11.0. The zero-order valence-corrected chi connectivity index (χ0v) is 18.7. The normalized spacial score (nSPS) is 10.8. The molecule has 0 unspecified atom stereocenters. The minimum Gasteiger partial charge on any atom is -0.491 e. The monoisotopic (exact) mass is 455 g/mol. The molecule has 0 aliphatic carbocycles. The van der Waals surface area contributed by atoms with Crippen LogP contribution in [0.5, 0.6) is 5.75 Å². The molecule has 31 heavy (non-hydrogen) atoms. The summed E-state index contributed by atoms with van der Waals surface area (Å²) in [6, 6.07) is 14.4. The van der Waals surface area contributed by atoms with Crippen molar-refractivity contribution >= 4 is 57.3 Å². The van der Waals surface area contributed by atoms with E-state index in [1.54, 1.807) is 29.7 Å². The number of thiazole rings is 1. The molecule has 0 aliphatic heterocycles. The third-order valence-corrected chi connectivity index (χ3v) is 5.18. The summed E-state index contributed by atoms with van der Waals surface area (Å²) in [5.74, 6) is 0.0722. The van der Waals surface area contributed by atoms with Crippen LogP contribution >= 0.6 is 22.9 Å². The highest BCUT2D eigenvalue weighted by Gasteiger charge is 2.17. The van der Waals surface area contributed by atoms with Gasteiger partial charge in [0.15, 0.2) is 5.13 Å². The first-order chi connectivity index (χ1) is 15.0. The van der Waals surface area contributed by atoms with Crippen molar-refractivity contribution in [1.82, 2.24) is 4.98 Å². The van der Waals surface area contributed by atoms with E-state index in [9.17, 15) is 9.59 Å². The Bertz CT molecular complexity index is 1080. The fourth-order valence-electron chi connectivity index (χ4n) is 2.73. The van der Waals surface area contributed by atoms with Crippen LogP contribution in [0.1, 0.15) is 26.0 Å². The van der Waals surface area contributed by atoms with Crippen molar-refractivity contribution in [3.05, 3.63) is 70.7 Å². The Balaban J connectivity index is 1.72. The van der Waals surface area contributed by atoms with Gasteiger partial charge in [-0.3, -0.25) is 14.5 Å². The fourth-order valence-corrected chi connectivity index (χ4v) is 3.76. The van der Waals surface area contributed by atoms with Gasteiger partial charge in [0, 0.05) is 23.4 Å². The van der Waals surface area contributed by atoms with Crippen LogP contribution in [0.15, 0.2) is 60.0 Å². The highest BCUT2D eigenvalue weighted by molar-refractivity contribution is 7.14. The van der Waals surface area contributed by atoms with Gasteiger partial charge in [-0.05, 0) is 42.8 Å². The van der Waals surface area contributed by atoms with E-state index in [0.29, 0.717) is 33.9 Å². The zero-order valence-electron chi connectivity index (χ0n) is 17.2. The van der Waals surface area contributed by atoms with E-state index in [0.717, 1.165) is 12.1 Å². The van der Waals surface area contributed by atoms with Gasteiger partial charge in [-0.2, -0.15) is 0 Å². The smallest absolute Gasteiger partial charge is 0.248 e. The molecule has 6 nitrogen and oxygen atoms in total. The second kappa shape index (κ2) is 10.7. The molecule has 1 N–H and O–H groups in total. The summed E-state index contributed by atoms with van der Waals surface area (Å²) in [5.41, 5.74) is 1.81. The summed E-state index contributed by atoms with van der Waals surface area (Å²) in [6.07, 6.45) is 3.82. The Morgan fingerprint density at radius 2 is 2.00 bits per heavy atom. The summed E-state index contributed by atoms with van der Waals surface area (Å²) >= 11 is 7.37. The first-order valence-electron chi connectivity index (χ1n) is 9.70. The van der Waals surface area contributed by atoms with Gasteiger partial charge in [-0.1, -0.05) is 36.7 Å². The summed E-state index contributed by atoms with van der Waals surface area (Å²) in [4.78, 5) is 30.6. The van der Waals surface area contributed by atoms with Gasteiger partial charge in [-0.25, -0.2) is 4.98 Å². The molecule has 0 bridgehead atoms. The van der Waals surface area contributed by atoms with Gasteiger partial charge in [-0.15, -0.1) is 11.3 Å². The number of ether oxygens (including phenoxy) is 1. The van der Waals surface area contributed by atoms with E-state index in [2.05, 4.69) is 10.3 Å². The number of hydrogen-bond acceptors (Lipinski definition) is 5. The molecule has 1 aromatic heterocycles. The number of carbonyl (C=O) groups excluding carboxylic acids is 2. The topological polar surface area (TPSA) is 71.5 Å². The molecule has 0 atom stereocenters. The molecule has 3 rings (SSSR count). The van der Waals surface area contributed by atoms with Crippen molar-refractivity contribution in [3.8, 4) is 5.75 Å². The SMILES string of the molecule is CCCOc1ccc(Cl)cc1NC(=O)C=Cc1csc(N(C(C)=O)c2ccccc2)n1. The van der Waals surface area contributed by atoms with Crippen LogP contribution in [-0.4, -0.2) is 23.4 Å². The van der Waals surface area contributed by atoms with Gasteiger partial charge in [0.2, 0.25) is 11.8 Å². The van der Waals surface area contributed by atoms with E-state index in [-0.39, 0.29) is 11.8 Å². The molecule has 3 aromatic rings. The molecule has 160 valence electrons. The minimum absolute atomic E-state index is 0.144. The van der Waals surface area contributed by atoms with Crippen molar-refractivity contribution in [2.24, 2.45) is 0 Å². The molecule has 0 aliphatic rings. The largest absolute Gasteiger partial charge is 0.491 e. The minimum atomic E-state index is -0.343. The number of aromatic nitrogens is 1. The van der Waals surface area contributed by atoms with E-state index >= 15 is 0 Å². The second-order valence-corrected chi connectivity index (χ2v) is 7.83. The lowest BCUT2D eigenvalue weighted by Crippen LogP contribution is -2.22. The maximum absolute atomic E-state index is 12.4. The molecule has 0 spiro atoms. The third kappa shape index (κ3) is 6.16. The maximum Gasteiger partial charge on any atom is 0.248 e. The van der Waals surface area contributed by atoms with Crippen molar-refractivity contribution in [3.63, 3.8) is 0 Å². The maximum atomic E-state index is 12.4. The Kier molecular flexibility index (Phi) is 7.81. The number of anilines is 3. The van der Waals surface area contributed by atoms with Crippen molar-refractivity contribution in [2.45, 2.75) is 20.3 Å². The van der Waals surface area contributed by atoms with Gasteiger partial charge in [0.25, 0.3) is 0 Å². The molecular formula is C23H22ClN3O3S. The van der Waals surface area contributed by atoms with Crippen molar-refractivity contribution < 1.29 is 14.3 Å². The zero-order chi connectivity index (χ0) is 22.2. The standard InChI is InChI=1S/C23H22ClN3O3S/c1-3-13-30-21-11-9-17(24)14-20(21)26-22(29)12-10-18-15-31-23(25-18)27(16(2)28)19-7-5-4-6-8-19/h4-12,14-15H,3,13H2,1-2H3,(H,26,29). The van der Waals surface area contributed by atoms with Crippen LogP contribution in [0.4, 0.5) is 16.5 Å². The second-order valence-electron chi connectivity index (χ2n) is 6.56. The quantitative estimate of drug-likeness (QED) is 0.428. The molecule has 0 fully saturated rings. The third-order valence-electron chi connectivity index (χ3n) is 4.10. The number of hydrogen-bond donors (Lipinski definition) is 1. The predicted octanol–water partition coefficient (Wildman–Crippen LogP) is 5.92. The van der Waals surface area contributed by atoms with Crippen LogP contribution in [-0.2, 0) is 9.59 Å². The number of benzene rings is 2. The molecule has 0 saturated carbocycles. The number of halogens is 1. The Morgan fingerprint density at radius 1 is 1.23 bits per heavy atom. The van der Waals surface area contributed by atoms with Gasteiger partial charge < -0.3 is 10.1 Å². The number of amides is 2. The highest BCUT2D eigenvalue weighted by atomic mass is 35.5. The summed E-state index contributed by atoms with van der Waals surface area (Å²) in [7, 11) is 0. The van der Waals surface area contributed by atoms with E-state index in [1.807, 2.05) is 37.3 Å². The van der Waals surface area contributed by atoms with Crippen LogP contribution in [0.3, 0.4) is 0 Å². The Morgan fingerprint density at radius 3 is 2.71 bits per heavy atom. The van der Waals surface area contributed by atoms with E-state index in [1.165, 1.54) is 29.2 Å². The van der Waals surface area contributed by atoms with E-state index < -0.39 is 0 Å². The molecule has 2 amide bonds. The van der Waals surface area contributed by atoms with Crippen LogP contribution in [0, 0.1) is 0 Å². The van der Waals surface area contributed by atoms with Crippen LogP contribution in [0.2, 0.25) is 5.02 Å². The summed E-state index contributed by atoms with van der Waals surface area (Å²) in [5, 5.41) is 5.59. The lowest BCUT2D eigenvalue weighted by molar-refractivity contribution is -0.116. The van der Waals surface area contributed by atoms with Crippen LogP contribution < -0.4 is 15.0 Å². The molecule has 8 heteroatoms. The molecule has 0 radical (unpaired) electrons. The predicted molar refractivity (Wildman–Crippen MR) is 126 cm³/mol. The number of para-hydroxylation sites is 1. The number of rotatable bonds is 8. The molecule has 1 heterocycles.